The summed E-state index contributed by atoms with van der Waals surface area (Å²) in [6, 6.07) is 13.2. The van der Waals surface area contributed by atoms with E-state index in [1.165, 1.54) is 0 Å². The van der Waals surface area contributed by atoms with Gasteiger partial charge in [-0.3, -0.25) is 14.4 Å². The van der Waals surface area contributed by atoms with E-state index in [4.69, 9.17) is 27.9 Å². The molecule has 0 spiro atoms. The highest BCUT2D eigenvalue weighted by Crippen LogP contribution is 2.66. The first-order valence-electron chi connectivity index (χ1n) is 8.49. The van der Waals surface area contributed by atoms with Crippen molar-refractivity contribution in [2.24, 2.45) is 11.8 Å². The van der Waals surface area contributed by atoms with E-state index in [1.807, 2.05) is 0 Å². The van der Waals surface area contributed by atoms with Gasteiger partial charge in [0.2, 0.25) is 11.8 Å². The average molecular weight is 404 g/mol. The van der Waals surface area contributed by atoms with Crippen LogP contribution in [0.2, 0.25) is 10.0 Å². The SMILES string of the molecule is CCOC(=O)C1C2C(=O)N(c3cccc(Cl)c3)C(=O)C12c1ccc(Cl)cc1. The fourth-order valence-corrected chi connectivity index (χ4v) is 4.35. The lowest BCUT2D eigenvalue weighted by atomic mass is 9.91. The number of rotatable bonds is 4. The molecule has 4 rings (SSSR count). The number of benzene rings is 2. The van der Waals surface area contributed by atoms with Crippen LogP contribution < -0.4 is 4.90 Å². The second-order valence-corrected chi connectivity index (χ2v) is 7.41. The Morgan fingerprint density at radius 2 is 1.81 bits per heavy atom. The van der Waals surface area contributed by atoms with Crippen molar-refractivity contribution in [3.8, 4) is 0 Å². The first kappa shape index (κ1) is 18.0. The number of esters is 1. The van der Waals surface area contributed by atoms with Crippen molar-refractivity contribution < 1.29 is 19.1 Å². The van der Waals surface area contributed by atoms with Crippen LogP contribution in [0.1, 0.15) is 12.5 Å². The summed E-state index contributed by atoms with van der Waals surface area (Å²) in [5.41, 5.74) is -0.283. The molecular weight excluding hydrogens is 389 g/mol. The van der Waals surface area contributed by atoms with Crippen LogP contribution in [0.15, 0.2) is 48.5 Å². The van der Waals surface area contributed by atoms with Gasteiger partial charge in [0.15, 0.2) is 0 Å². The maximum absolute atomic E-state index is 13.4. The molecule has 2 fully saturated rings. The minimum Gasteiger partial charge on any atom is -0.466 e. The van der Waals surface area contributed by atoms with E-state index < -0.39 is 35.0 Å². The second kappa shape index (κ2) is 6.36. The summed E-state index contributed by atoms with van der Waals surface area (Å²) in [4.78, 5) is 40.1. The van der Waals surface area contributed by atoms with Crippen molar-refractivity contribution in [3.05, 3.63) is 64.1 Å². The Morgan fingerprint density at radius 3 is 2.44 bits per heavy atom. The summed E-state index contributed by atoms with van der Waals surface area (Å²) >= 11 is 12.0. The number of carbonyl (C=O) groups excluding carboxylic acids is 3. The molecular formula is C20H15Cl2NO4. The van der Waals surface area contributed by atoms with E-state index in [-0.39, 0.29) is 6.61 Å². The molecule has 7 heteroatoms. The fourth-order valence-electron chi connectivity index (χ4n) is 4.04. The summed E-state index contributed by atoms with van der Waals surface area (Å²) in [6.07, 6.45) is 0. The normalized spacial score (nSPS) is 26.1. The van der Waals surface area contributed by atoms with Crippen molar-refractivity contribution in [2.45, 2.75) is 12.3 Å². The quantitative estimate of drug-likeness (QED) is 0.577. The van der Waals surface area contributed by atoms with Gasteiger partial charge < -0.3 is 4.74 Å². The van der Waals surface area contributed by atoms with Crippen LogP contribution >= 0.6 is 23.2 Å². The average Bonchev–Trinajstić information content (AvgIpc) is 3.28. The number of hydrogen-bond acceptors (Lipinski definition) is 4. The molecule has 0 bridgehead atoms. The first-order chi connectivity index (χ1) is 12.9. The number of fused-ring (bicyclic) bond motifs is 1. The molecule has 1 saturated heterocycles. The van der Waals surface area contributed by atoms with Gasteiger partial charge >= 0.3 is 5.97 Å². The summed E-state index contributed by atoms with van der Waals surface area (Å²) in [5, 5.41) is 0.916. The molecule has 0 N–H and O–H groups in total. The van der Waals surface area contributed by atoms with E-state index in [0.717, 1.165) is 4.90 Å². The monoisotopic (exact) mass is 403 g/mol. The molecule has 0 radical (unpaired) electrons. The van der Waals surface area contributed by atoms with E-state index >= 15 is 0 Å². The van der Waals surface area contributed by atoms with Crippen LogP contribution in [-0.4, -0.2) is 24.4 Å². The number of anilines is 1. The van der Waals surface area contributed by atoms with Crippen LogP contribution in [0.3, 0.4) is 0 Å². The van der Waals surface area contributed by atoms with Crippen molar-refractivity contribution in [1.82, 2.24) is 0 Å². The van der Waals surface area contributed by atoms with Crippen LogP contribution in [-0.2, 0) is 24.5 Å². The van der Waals surface area contributed by atoms with Crippen LogP contribution in [0, 0.1) is 11.8 Å². The van der Waals surface area contributed by atoms with Gasteiger partial charge in [0.1, 0.15) is 5.41 Å². The summed E-state index contributed by atoms with van der Waals surface area (Å²) in [5.74, 6) is -3.02. The fraction of sp³-hybridized carbons (Fsp3) is 0.250. The lowest BCUT2D eigenvalue weighted by Gasteiger charge is -2.22. The summed E-state index contributed by atoms with van der Waals surface area (Å²) in [6.45, 7) is 1.87. The van der Waals surface area contributed by atoms with Gasteiger partial charge in [-0.15, -0.1) is 0 Å². The van der Waals surface area contributed by atoms with E-state index in [2.05, 4.69) is 0 Å². The van der Waals surface area contributed by atoms with Gasteiger partial charge in [0, 0.05) is 10.0 Å². The van der Waals surface area contributed by atoms with Gasteiger partial charge in [0.25, 0.3) is 0 Å². The lowest BCUT2D eigenvalue weighted by Crippen LogP contribution is -2.40. The van der Waals surface area contributed by atoms with Gasteiger partial charge in [-0.25, -0.2) is 4.90 Å². The Kier molecular flexibility index (Phi) is 4.24. The van der Waals surface area contributed by atoms with Crippen molar-refractivity contribution in [2.75, 3.05) is 11.5 Å². The molecule has 3 atom stereocenters. The van der Waals surface area contributed by atoms with Gasteiger partial charge in [0.05, 0.1) is 24.1 Å². The summed E-state index contributed by atoms with van der Waals surface area (Å²) in [7, 11) is 0. The number of amides is 2. The number of imide groups is 1. The third-order valence-electron chi connectivity index (χ3n) is 5.18. The zero-order valence-corrected chi connectivity index (χ0v) is 15.8. The minimum absolute atomic E-state index is 0.180. The summed E-state index contributed by atoms with van der Waals surface area (Å²) < 4.78 is 5.12. The van der Waals surface area contributed by atoms with Crippen LogP contribution in [0.5, 0.6) is 0 Å². The molecule has 5 nitrogen and oxygen atoms in total. The number of nitrogens with zero attached hydrogens (tertiary/aromatic N) is 1. The number of carbonyl (C=O) groups is 3. The second-order valence-electron chi connectivity index (χ2n) is 6.54. The van der Waals surface area contributed by atoms with Gasteiger partial charge in [-0.1, -0.05) is 41.4 Å². The van der Waals surface area contributed by atoms with E-state index in [1.54, 1.807) is 55.5 Å². The first-order valence-corrected chi connectivity index (χ1v) is 9.25. The molecule has 138 valence electrons. The standard InChI is InChI=1S/C20H15Cl2NO4/c1-2-27-18(25)16-15-17(24)23(14-5-3-4-13(22)10-14)19(26)20(15,16)11-6-8-12(21)9-7-11/h3-10,15-16H,2H2,1H3. The predicted octanol–water partition coefficient (Wildman–Crippen LogP) is 3.61. The number of halogens is 2. The van der Waals surface area contributed by atoms with Crippen molar-refractivity contribution in [1.29, 1.82) is 0 Å². The molecule has 1 aliphatic carbocycles. The highest BCUT2D eigenvalue weighted by Gasteiger charge is 2.83. The zero-order chi connectivity index (χ0) is 19.3. The molecule has 27 heavy (non-hydrogen) atoms. The molecule has 1 aliphatic heterocycles. The Labute approximate surface area is 165 Å². The highest BCUT2D eigenvalue weighted by atomic mass is 35.5. The molecule has 2 aromatic carbocycles. The Bertz CT molecular complexity index is 959. The van der Waals surface area contributed by atoms with Gasteiger partial charge in [-0.05, 0) is 42.8 Å². The minimum atomic E-state index is -1.25. The number of hydrogen-bond donors (Lipinski definition) is 0. The van der Waals surface area contributed by atoms with Gasteiger partial charge in [-0.2, -0.15) is 0 Å². The molecule has 3 unspecified atom stereocenters. The maximum Gasteiger partial charge on any atom is 0.311 e. The van der Waals surface area contributed by atoms with Crippen LogP contribution in [0.25, 0.3) is 0 Å². The molecule has 1 heterocycles. The van der Waals surface area contributed by atoms with Crippen molar-refractivity contribution >= 4 is 46.7 Å². The molecule has 2 aliphatic rings. The molecule has 2 aromatic rings. The maximum atomic E-state index is 13.4. The van der Waals surface area contributed by atoms with E-state index in [0.29, 0.717) is 21.3 Å². The molecule has 0 aromatic heterocycles. The number of piperidine rings is 1. The third kappa shape index (κ3) is 2.49. The molecule has 1 saturated carbocycles. The zero-order valence-electron chi connectivity index (χ0n) is 14.3. The smallest absolute Gasteiger partial charge is 0.311 e. The highest BCUT2D eigenvalue weighted by molar-refractivity contribution is 6.34. The van der Waals surface area contributed by atoms with E-state index in [9.17, 15) is 14.4 Å². The largest absolute Gasteiger partial charge is 0.466 e. The molecule has 2 amide bonds. The number of ether oxygens (including phenoxy) is 1. The topological polar surface area (TPSA) is 63.7 Å². The lowest BCUT2D eigenvalue weighted by molar-refractivity contribution is -0.147. The Morgan fingerprint density at radius 1 is 1.11 bits per heavy atom. The third-order valence-corrected chi connectivity index (χ3v) is 5.66. The Hall–Kier alpha value is -2.37. The Balaban J connectivity index is 1.81. The van der Waals surface area contributed by atoms with Crippen molar-refractivity contribution in [3.63, 3.8) is 0 Å². The van der Waals surface area contributed by atoms with Crippen LogP contribution in [0.4, 0.5) is 5.69 Å². The predicted molar refractivity (Wildman–Crippen MR) is 101 cm³/mol.